The Balaban J connectivity index is 1.79. The number of carbonyl (C=O) groups excluding carboxylic acids is 1. The van der Waals surface area contributed by atoms with Gasteiger partial charge in [-0.05, 0) is 40.0 Å². The Labute approximate surface area is 97.1 Å². The van der Waals surface area contributed by atoms with Crippen LogP contribution in [0.4, 0.5) is 4.79 Å². The summed E-state index contributed by atoms with van der Waals surface area (Å²) in [6.45, 7) is 9.38. The van der Waals surface area contributed by atoms with Gasteiger partial charge in [0.15, 0.2) is 0 Å². The molecule has 1 spiro atoms. The quantitative estimate of drug-likeness (QED) is 0.738. The van der Waals surface area contributed by atoms with E-state index >= 15 is 0 Å². The fourth-order valence-corrected chi connectivity index (χ4v) is 2.66. The predicted molar refractivity (Wildman–Crippen MR) is 62.0 cm³/mol. The van der Waals surface area contributed by atoms with Crippen molar-refractivity contribution in [1.29, 1.82) is 0 Å². The Bertz CT molecular complexity index is 301. The van der Waals surface area contributed by atoms with Crippen molar-refractivity contribution in [1.82, 2.24) is 4.90 Å². The van der Waals surface area contributed by atoms with E-state index in [9.17, 15) is 4.79 Å². The molecule has 2 N–H and O–H groups in total. The zero-order valence-electron chi connectivity index (χ0n) is 10.6. The summed E-state index contributed by atoms with van der Waals surface area (Å²) < 4.78 is 5.31. The van der Waals surface area contributed by atoms with E-state index in [1.807, 2.05) is 20.8 Å². The fraction of sp³-hybridized carbons (Fsp3) is 0.917. The largest absolute Gasteiger partial charge is 0.444 e. The monoisotopic (exact) mass is 226 g/mol. The first-order chi connectivity index (χ1) is 7.23. The molecule has 1 heterocycles. The first kappa shape index (κ1) is 11.7. The number of hydrogen-bond donors (Lipinski definition) is 1. The molecule has 4 nitrogen and oxygen atoms in total. The topological polar surface area (TPSA) is 55.6 Å². The summed E-state index contributed by atoms with van der Waals surface area (Å²) in [6, 6.07) is 0.251. The van der Waals surface area contributed by atoms with Gasteiger partial charge in [-0.2, -0.15) is 0 Å². The van der Waals surface area contributed by atoms with E-state index < -0.39 is 5.60 Å². The second-order valence-electron chi connectivity index (χ2n) is 6.37. The van der Waals surface area contributed by atoms with Crippen LogP contribution in [0.15, 0.2) is 0 Å². The molecule has 0 bridgehead atoms. The number of carbonyl (C=O) groups is 1. The number of likely N-dealkylation sites (tertiary alicyclic amines) is 1. The summed E-state index contributed by atoms with van der Waals surface area (Å²) in [5, 5.41) is 0. The molecule has 2 rings (SSSR count). The van der Waals surface area contributed by atoms with Gasteiger partial charge in [-0.15, -0.1) is 0 Å². The highest BCUT2D eigenvalue weighted by Gasteiger charge is 2.63. The Morgan fingerprint density at radius 3 is 2.44 bits per heavy atom. The molecule has 92 valence electrons. The van der Waals surface area contributed by atoms with Crippen LogP contribution in [0.2, 0.25) is 0 Å². The fourth-order valence-electron chi connectivity index (χ4n) is 2.66. The molecule has 2 unspecified atom stereocenters. The lowest BCUT2D eigenvalue weighted by Crippen LogP contribution is -2.54. The van der Waals surface area contributed by atoms with E-state index in [-0.39, 0.29) is 12.1 Å². The smallest absolute Gasteiger partial charge is 0.410 e. The summed E-state index contributed by atoms with van der Waals surface area (Å²) in [5.41, 5.74) is 5.81. The van der Waals surface area contributed by atoms with Crippen LogP contribution in [0, 0.1) is 11.3 Å². The van der Waals surface area contributed by atoms with E-state index in [0.717, 1.165) is 13.1 Å². The van der Waals surface area contributed by atoms with E-state index in [1.165, 1.54) is 6.42 Å². The van der Waals surface area contributed by atoms with E-state index in [4.69, 9.17) is 10.5 Å². The molecular formula is C12H22N2O2. The molecule has 0 aromatic carbocycles. The van der Waals surface area contributed by atoms with Crippen molar-refractivity contribution in [2.45, 2.75) is 45.8 Å². The molecule has 0 aromatic rings. The molecule has 1 saturated carbocycles. The van der Waals surface area contributed by atoms with E-state index in [2.05, 4.69) is 6.92 Å². The number of amides is 1. The minimum Gasteiger partial charge on any atom is -0.444 e. The first-order valence-electron chi connectivity index (χ1n) is 5.97. The van der Waals surface area contributed by atoms with Crippen molar-refractivity contribution >= 4 is 6.09 Å². The summed E-state index contributed by atoms with van der Waals surface area (Å²) >= 11 is 0. The van der Waals surface area contributed by atoms with Crippen LogP contribution in [-0.4, -0.2) is 35.7 Å². The first-order valence-corrected chi connectivity index (χ1v) is 5.97. The Morgan fingerprint density at radius 2 is 2.06 bits per heavy atom. The van der Waals surface area contributed by atoms with Gasteiger partial charge in [0.2, 0.25) is 0 Å². The van der Waals surface area contributed by atoms with Crippen molar-refractivity contribution in [3.05, 3.63) is 0 Å². The number of hydrogen-bond acceptors (Lipinski definition) is 3. The van der Waals surface area contributed by atoms with Gasteiger partial charge in [-0.1, -0.05) is 0 Å². The zero-order valence-corrected chi connectivity index (χ0v) is 10.6. The summed E-state index contributed by atoms with van der Waals surface area (Å²) in [7, 11) is 0. The Hall–Kier alpha value is -0.770. The van der Waals surface area contributed by atoms with Gasteiger partial charge in [0.05, 0.1) is 0 Å². The number of rotatable bonds is 1. The highest BCUT2D eigenvalue weighted by molar-refractivity contribution is 5.69. The van der Waals surface area contributed by atoms with Gasteiger partial charge >= 0.3 is 6.09 Å². The van der Waals surface area contributed by atoms with Gasteiger partial charge in [-0.3, -0.25) is 0 Å². The third-order valence-electron chi connectivity index (χ3n) is 3.55. The third kappa shape index (κ3) is 2.03. The molecular weight excluding hydrogens is 204 g/mol. The molecule has 1 saturated heterocycles. The second-order valence-corrected chi connectivity index (χ2v) is 6.37. The number of nitrogens with zero attached hydrogens (tertiary/aromatic N) is 1. The number of nitrogens with two attached hydrogens (primary N) is 1. The summed E-state index contributed by atoms with van der Waals surface area (Å²) in [6.07, 6.45) is 0.984. The van der Waals surface area contributed by atoms with Crippen LogP contribution < -0.4 is 5.73 Å². The normalized spacial score (nSPS) is 28.6. The van der Waals surface area contributed by atoms with Crippen LogP contribution in [0.1, 0.15) is 34.1 Å². The Morgan fingerprint density at radius 1 is 1.50 bits per heavy atom. The van der Waals surface area contributed by atoms with Crippen LogP contribution in [0.3, 0.4) is 0 Å². The molecule has 2 aliphatic rings. The SMILES string of the molecule is CC(N)C1CC12CN(C(=O)OC(C)(C)C)C2. The molecule has 2 fully saturated rings. The van der Waals surface area contributed by atoms with Crippen molar-refractivity contribution < 1.29 is 9.53 Å². The van der Waals surface area contributed by atoms with Crippen molar-refractivity contribution in [3.63, 3.8) is 0 Å². The highest BCUT2D eigenvalue weighted by Crippen LogP contribution is 2.59. The van der Waals surface area contributed by atoms with Gasteiger partial charge in [0.1, 0.15) is 5.60 Å². The molecule has 0 radical (unpaired) electrons. The molecule has 1 aliphatic carbocycles. The maximum absolute atomic E-state index is 11.7. The van der Waals surface area contributed by atoms with Gasteiger partial charge in [0.25, 0.3) is 0 Å². The van der Waals surface area contributed by atoms with Crippen LogP contribution in [0.5, 0.6) is 0 Å². The number of ether oxygens (including phenoxy) is 1. The lowest BCUT2D eigenvalue weighted by molar-refractivity contribution is -0.00985. The van der Waals surface area contributed by atoms with E-state index in [0.29, 0.717) is 11.3 Å². The maximum Gasteiger partial charge on any atom is 0.410 e. The molecule has 16 heavy (non-hydrogen) atoms. The Kier molecular flexibility index (Phi) is 2.46. The van der Waals surface area contributed by atoms with Crippen molar-refractivity contribution in [3.8, 4) is 0 Å². The minimum absolute atomic E-state index is 0.187. The average molecular weight is 226 g/mol. The van der Waals surface area contributed by atoms with Crippen LogP contribution in [0.25, 0.3) is 0 Å². The third-order valence-corrected chi connectivity index (χ3v) is 3.55. The maximum atomic E-state index is 11.7. The van der Waals surface area contributed by atoms with Gasteiger partial charge < -0.3 is 15.4 Å². The lowest BCUT2D eigenvalue weighted by Gasteiger charge is -2.41. The van der Waals surface area contributed by atoms with Crippen LogP contribution in [-0.2, 0) is 4.74 Å². The molecule has 4 heteroatoms. The van der Waals surface area contributed by atoms with Gasteiger partial charge in [0, 0.05) is 24.5 Å². The average Bonchev–Trinajstić information content (AvgIpc) is 2.71. The minimum atomic E-state index is -0.399. The summed E-state index contributed by atoms with van der Waals surface area (Å²) in [4.78, 5) is 13.5. The lowest BCUT2D eigenvalue weighted by atomic mass is 9.92. The zero-order chi connectivity index (χ0) is 12.1. The molecule has 1 amide bonds. The molecule has 2 atom stereocenters. The van der Waals surface area contributed by atoms with Crippen molar-refractivity contribution in [2.75, 3.05) is 13.1 Å². The highest BCUT2D eigenvalue weighted by atomic mass is 16.6. The van der Waals surface area contributed by atoms with E-state index in [1.54, 1.807) is 4.90 Å². The second kappa shape index (κ2) is 3.36. The summed E-state index contributed by atoms with van der Waals surface area (Å²) in [5.74, 6) is 0.603. The predicted octanol–water partition coefficient (Wildman–Crippen LogP) is 1.59. The van der Waals surface area contributed by atoms with Crippen molar-refractivity contribution in [2.24, 2.45) is 17.1 Å². The van der Waals surface area contributed by atoms with Gasteiger partial charge in [-0.25, -0.2) is 4.79 Å². The molecule has 0 aromatic heterocycles. The van der Waals surface area contributed by atoms with Crippen LogP contribution >= 0.6 is 0 Å². The molecule has 1 aliphatic heterocycles. The standard InChI is InChI=1S/C12H22N2O2/c1-8(13)9-5-12(9)6-14(7-12)10(15)16-11(2,3)4/h8-9H,5-7,13H2,1-4H3.